The second kappa shape index (κ2) is 6.20. The predicted octanol–water partition coefficient (Wildman–Crippen LogP) is 3.85. The molecule has 0 aliphatic carbocycles. The van der Waals surface area contributed by atoms with E-state index in [1.165, 1.54) is 11.8 Å². The predicted molar refractivity (Wildman–Crippen MR) is 97.3 cm³/mol. The van der Waals surface area contributed by atoms with E-state index >= 15 is 0 Å². The molecule has 2 aromatic carbocycles. The minimum atomic E-state index is -0.997. The summed E-state index contributed by atoms with van der Waals surface area (Å²) in [6.45, 7) is 0. The molecule has 5 nitrogen and oxygen atoms in total. The van der Waals surface area contributed by atoms with Gasteiger partial charge in [-0.3, -0.25) is 14.5 Å². The molecule has 126 valence electrons. The van der Waals surface area contributed by atoms with E-state index in [0.717, 1.165) is 16.8 Å². The third kappa shape index (κ3) is 2.81. The van der Waals surface area contributed by atoms with Gasteiger partial charge in [0.05, 0.1) is 18.2 Å². The van der Waals surface area contributed by atoms with E-state index in [4.69, 9.17) is 16.7 Å². The number of benzene rings is 2. The summed E-state index contributed by atoms with van der Waals surface area (Å²) >= 11 is 7.38. The number of amides is 1. The molecular formula is C18H13ClN2O3S. The highest BCUT2D eigenvalue weighted by Crippen LogP contribution is 2.46. The highest BCUT2D eigenvalue weighted by atomic mass is 35.5. The number of rotatable bonds is 3. The van der Waals surface area contributed by atoms with Crippen LogP contribution in [-0.2, 0) is 9.59 Å². The molecule has 0 radical (unpaired) electrons. The maximum absolute atomic E-state index is 12.9. The van der Waals surface area contributed by atoms with Gasteiger partial charge in [-0.05, 0) is 23.8 Å². The van der Waals surface area contributed by atoms with Crippen molar-refractivity contribution in [1.82, 2.24) is 4.90 Å². The molecule has 25 heavy (non-hydrogen) atoms. The number of carbonyl (C=O) groups excluding carboxylic acids is 1. The average molecular weight is 373 g/mol. The zero-order valence-electron chi connectivity index (χ0n) is 12.9. The normalized spacial score (nSPS) is 21.6. The van der Waals surface area contributed by atoms with E-state index in [9.17, 15) is 9.59 Å². The third-order valence-electron chi connectivity index (χ3n) is 4.20. The second-order valence-electron chi connectivity index (χ2n) is 5.82. The topological polar surface area (TPSA) is 70.0 Å². The molecule has 1 saturated heterocycles. The second-order valence-corrected chi connectivity index (χ2v) is 7.43. The Morgan fingerprint density at radius 1 is 1.24 bits per heavy atom. The molecule has 0 unspecified atom stereocenters. The fourth-order valence-electron chi connectivity index (χ4n) is 3.14. The van der Waals surface area contributed by atoms with Gasteiger partial charge in [0, 0.05) is 10.6 Å². The largest absolute Gasteiger partial charge is 0.481 e. The number of nitrogens with zero attached hydrogens (tertiary/aromatic N) is 2. The molecular weight excluding hydrogens is 360 g/mol. The van der Waals surface area contributed by atoms with Crippen molar-refractivity contribution in [2.24, 2.45) is 4.99 Å². The smallest absolute Gasteiger partial charge is 0.305 e. The number of fused-ring (bicyclic) bond motifs is 2. The van der Waals surface area contributed by atoms with Crippen LogP contribution in [0.2, 0.25) is 5.02 Å². The number of thioether (sulfide) groups is 1. The van der Waals surface area contributed by atoms with Crippen molar-refractivity contribution in [3.63, 3.8) is 0 Å². The lowest BCUT2D eigenvalue weighted by molar-refractivity contribution is -0.139. The van der Waals surface area contributed by atoms with E-state index in [2.05, 4.69) is 4.99 Å². The lowest BCUT2D eigenvalue weighted by Crippen LogP contribution is -2.38. The van der Waals surface area contributed by atoms with E-state index in [-0.39, 0.29) is 18.4 Å². The Morgan fingerprint density at radius 3 is 2.72 bits per heavy atom. The summed E-state index contributed by atoms with van der Waals surface area (Å²) in [6.07, 6.45) is -0.225. The van der Waals surface area contributed by atoms with Crippen molar-refractivity contribution in [2.75, 3.05) is 0 Å². The van der Waals surface area contributed by atoms with Crippen LogP contribution in [0, 0.1) is 0 Å². The van der Waals surface area contributed by atoms with Gasteiger partial charge in [-0.2, -0.15) is 0 Å². The first-order valence-corrected chi connectivity index (χ1v) is 8.95. The van der Waals surface area contributed by atoms with Gasteiger partial charge >= 0.3 is 5.97 Å². The zero-order chi connectivity index (χ0) is 17.6. The maximum atomic E-state index is 12.9. The number of carboxylic acids is 1. The van der Waals surface area contributed by atoms with Crippen LogP contribution >= 0.6 is 23.4 Å². The highest BCUT2D eigenvalue weighted by molar-refractivity contribution is 8.15. The summed E-state index contributed by atoms with van der Waals surface area (Å²) in [5.41, 5.74) is 2.52. The molecule has 1 fully saturated rings. The molecule has 2 aliphatic heterocycles. The van der Waals surface area contributed by atoms with Crippen LogP contribution in [0.15, 0.2) is 53.5 Å². The number of halogens is 1. The van der Waals surface area contributed by atoms with Crippen LogP contribution < -0.4 is 0 Å². The van der Waals surface area contributed by atoms with Gasteiger partial charge < -0.3 is 5.11 Å². The average Bonchev–Trinajstić information content (AvgIpc) is 2.89. The number of amidine groups is 1. The van der Waals surface area contributed by atoms with Gasteiger partial charge in [0.15, 0.2) is 5.17 Å². The Morgan fingerprint density at radius 2 is 2.00 bits per heavy atom. The van der Waals surface area contributed by atoms with Gasteiger partial charge in [-0.25, -0.2) is 4.99 Å². The van der Waals surface area contributed by atoms with Crippen molar-refractivity contribution in [1.29, 1.82) is 0 Å². The first kappa shape index (κ1) is 16.2. The molecule has 0 bridgehead atoms. The van der Waals surface area contributed by atoms with E-state index < -0.39 is 11.2 Å². The summed E-state index contributed by atoms with van der Waals surface area (Å²) in [5.74, 6) is -1.23. The van der Waals surface area contributed by atoms with Crippen LogP contribution in [0.25, 0.3) is 0 Å². The lowest BCUT2D eigenvalue weighted by Gasteiger charge is -2.32. The van der Waals surface area contributed by atoms with Crippen LogP contribution in [-0.4, -0.2) is 32.3 Å². The Hall–Kier alpha value is -2.31. The van der Waals surface area contributed by atoms with Gasteiger partial charge in [-0.15, -0.1) is 0 Å². The minimum absolute atomic E-state index is 0.225. The molecule has 0 spiro atoms. The van der Waals surface area contributed by atoms with Crippen molar-refractivity contribution in [2.45, 2.75) is 17.7 Å². The van der Waals surface area contributed by atoms with E-state index in [1.807, 2.05) is 42.5 Å². The fourth-order valence-corrected chi connectivity index (χ4v) is 4.48. The lowest BCUT2D eigenvalue weighted by atomic mass is 9.94. The first-order chi connectivity index (χ1) is 12.0. The number of carboxylic acid groups (broad SMARTS) is 1. The number of hydrogen-bond donors (Lipinski definition) is 1. The van der Waals surface area contributed by atoms with Crippen molar-refractivity contribution in [3.8, 4) is 0 Å². The fraction of sp³-hybridized carbons (Fsp3) is 0.167. The minimum Gasteiger partial charge on any atom is -0.481 e. The van der Waals surface area contributed by atoms with Crippen LogP contribution in [0.1, 0.15) is 23.6 Å². The molecule has 1 amide bonds. The number of hydrogen-bond acceptors (Lipinski definition) is 4. The van der Waals surface area contributed by atoms with Crippen molar-refractivity contribution >= 4 is 46.1 Å². The Kier molecular flexibility index (Phi) is 4.01. The van der Waals surface area contributed by atoms with E-state index in [0.29, 0.717) is 10.2 Å². The molecule has 0 aromatic heterocycles. The summed E-state index contributed by atoms with van der Waals surface area (Å²) < 4.78 is 0. The van der Waals surface area contributed by atoms with Crippen LogP contribution in [0.5, 0.6) is 0 Å². The summed E-state index contributed by atoms with van der Waals surface area (Å²) in [5, 5.41) is 9.53. The SMILES string of the molecule is O=C(O)C[C@H]1SC2=Nc3ccc(Cl)cc3[C@H](c3ccccc3)N2C1=O. The van der Waals surface area contributed by atoms with E-state index in [1.54, 1.807) is 11.0 Å². The molecule has 0 saturated carbocycles. The number of carbonyl (C=O) groups is 2. The standard InChI is InChI=1S/C18H13ClN2O3S/c19-11-6-7-13-12(8-11)16(10-4-2-1-3-5-10)21-17(24)14(9-15(22)23)25-18(21)20-13/h1-8,14,16H,9H2,(H,22,23)/t14-,16+/m1/s1. The highest BCUT2D eigenvalue weighted by Gasteiger charge is 2.46. The molecule has 2 aromatic rings. The van der Waals surface area contributed by atoms with Gasteiger partial charge in [0.25, 0.3) is 0 Å². The quantitative estimate of drug-likeness (QED) is 0.888. The van der Waals surface area contributed by atoms with Crippen molar-refractivity contribution < 1.29 is 14.7 Å². The summed E-state index contributed by atoms with van der Waals surface area (Å²) in [6, 6.07) is 14.7. The Bertz CT molecular complexity index is 900. The molecule has 1 N–H and O–H groups in total. The molecule has 2 heterocycles. The monoisotopic (exact) mass is 372 g/mol. The first-order valence-electron chi connectivity index (χ1n) is 7.69. The summed E-state index contributed by atoms with van der Waals surface area (Å²) in [4.78, 5) is 30.1. The van der Waals surface area contributed by atoms with Gasteiger partial charge in [0.2, 0.25) is 5.91 Å². The van der Waals surface area contributed by atoms with Gasteiger partial charge in [-0.1, -0.05) is 53.7 Å². The number of aliphatic carboxylic acids is 1. The van der Waals surface area contributed by atoms with Crippen LogP contribution in [0.3, 0.4) is 0 Å². The molecule has 7 heteroatoms. The molecule has 2 aliphatic rings. The summed E-state index contributed by atoms with van der Waals surface area (Å²) in [7, 11) is 0. The zero-order valence-corrected chi connectivity index (χ0v) is 14.5. The Labute approximate surface area is 153 Å². The molecule has 2 atom stereocenters. The third-order valence-corrected chi connectivity index (χ3v) is 5.59. The Balaban J connectivity index is 1.85. The number of aliphatic imine (C=N–C) groups is 1. The van der Waals surface area contributed by atoms with Gasteiger partial charge in [0.1, 0.15) is 5.25 Å². The molecule has 4 rings (SSSR count). The van der Waals surface area contributed by atoms with Crippen LogP contribution in [0.4, 0.5) is 5.69 Å². The van der Waals surface area contributed by atoms with Crippen molar-refractivity contribution in [3.05, 3.63) is 64.7 Å². The maximum Gasteiger partial charge on any atom is 0.305 e.